The van der Waals surface area contributed by atoms with Gasteiger partial charge in [0, 0.05) is 10.0 Å². The molecule has 0 saturated heterocycles. The van der Waals surface area contributed by atoms with Crippen LogP contribution < -0.4 is 4.74 Å². The van der Waals surface area contributed by atoms with Gasteiger partial charge in [-0.25, -0.2) is 9.18 Å². The van der Waals surface area contributed by atoms with Crippen LogP contribution in [0.2, 0.25) is 0 Å². The summed E-state index contributed by atoms with van der Waals surface area (Å²) in [5.74, 6) is -2.05. The number of benzene rings is 1. The molecule has 0 radical (unpaired) electrons. The van der Waals surface area contributed by atoms with Crippen molar-refractivity contribution in [2.75, 3.05) is 6.61 Å². The summed E-state index contributed by atoms with van der Waals surface area (Å²) in [7, 11) is 0. The van der Waals surface area contributed by atoms with E-state index < -0.39 is 47.6 Å². The maximum absolute atomic E-state index is 14.2. The number of halogens is 5. The maximum atomic E-state index is 14.2. The maximum Gasteiger partial charge on any atom is 0.420 e. The lowest BCUT2D eigenvalue weighted by molar-refractivity contribution is -0.139. The van der Waals surface area contributed by atoms with Crippen LogP contribution in [-0.2, 0) is 6.18 Å². The molecule has 154 valence electrons. The van der Waals surface area contributed by atoms with Crippen molar-refractivity contribution in [3.8, 4) is 5.75 Å². The number of rotatable bonds is 6. The SMILES string of the molecule is CC(C)CC(COc1c(F)cc(Br)cc1C(F)(F)F)N(C(=O)O)C(C)(C)C. The highest BCUT2D eigenvalue weighted by Gasteiger charge is 2.38. The second-order valence-corrected chi connectivity index (χ2v) is 8.60. The van der Waals surface area contributed by atoms with Crippen LogP contribution in [0.25, 0.3) is 0 Å². The fraction of sp³-hybridized carbons (Fsp3) is 0.611. The summed E-state index contributed by atoms with van der Waals surface area (Å²) >= 11 is 2.84. The quantitative estimate of drug-likeness (QED) is 0.518. The Bertz CT molecular complexity index is 672. The summed E-state index contributed by atoms with van der Waals surface area (Å²) < 4.78 is 59.1. The van der Waals surface area contributed by atoms with Gasteiger partial charge in [0.25, 0.3) is 0 Å². The Balaban J connectivity index is 3.25. The molecule has 0 aliphatic carbocycles. The molecule has 0 aliphatic heterocycles. The lowest BCUT2D eigenvalue weighted by atomic mass is 9.97. The van der Waals surface area contributed by atoms with Crippen LogP contribution in [0.5, 0.6) is 5.75 Å². The van der Waals surface area contributed by atoms with Gasteiger partial charge in [0.15, 0.2) is 11.6 Å². The van der Waals surface area contributed by atoms with Crippen molar-refractivity contribution in [3.63, 3.8) is 0 Å². The number of carboxylic acid groups (broad SMARTS) is 1. The molecule has 4 nitrogen and oxygen atoms in total. The molecule has 0 spiro atoms. The molecule has 1 unspecified atom stereocenters. The molecule has 1 N–H and O–H groups in total. The van der Waals surface area contributed by atoms with Gasteiger partial charge in [-0.15, -0.1) is 0 Å². The molecule has 0 saturated carbocycles. The van der Waals surface area contributed by atoms with E-state index in [4.69, 9.17) is 4.74 Å². The third-order valence-electron chi connectivity index (χ3n) is 3.77. The Morgan fingerprint density at radius 1 is 1.26 bits per heavy atom. The van der Waals surface area contributed by atoms with E-state index in [-0.39, 0.29) is 10.4 Å². The molecule has 1 rings (SSSR count). The summed E-state index contributed by atoms with van der Waals surface area (Å²) in [4.78, 5) is 12.9. The minimum atomic E-state index is -4.82. The average Bonchev–Trinajstić information content (AvgIpc) is 2.41. The first kappa shape index (κ1) is 23.5. The van der Waals surface area contributed by atoms with Crippen molar-refractivity contribution < 1.29 is 32.2 Å². The molecular weight excluding hydrogens is 434 g/mol. The molecule has 1 amide bonds. The summed E-state index contributed by atoms with van der Waals surface area (Å²) in [6, 6.07) is 0.863. The van der Waals surface area contributed by atoms with Crippen molar-refractivity contribution in [1.82, 2.24) is 4.90 Å². The number of amides is 1. The fourth-order valence-electron chi connectivity index (χ4n) is 2.88. The predicted octanol–water partition coefficient (Wildman–Crippen LogP) is 6.18. The fourth-order valence-corrected chi connectivity index (χ4v) is 3.31. The molecule has 0 bridgehead atoms. The first-order chi connectivity index (χ1) is 12.1. The number of hydrogen-bond donors (Lipinski definition) is 1. The zero-order valence-corrected chi connectivity index (χ0v) is 17.4. The normalized spacial score (nSPS) is 13.6. The van der Waals surface area contributed by atoms with Crippen molar-refractivity contribution in [3.05, 3.63) is 28.0 Å². The molecule has 0 fully saturated rings. The topological polar surface area (TPSA) is 49.8 Å². The summed E-state index contributed by atoms with van der Waals surface area (Å²) in [5, 5.41) is 9.57. The number of hydrogen-bond acceptors (Lipinski definition) is 2. The van der Waals surface area contributed by atoms with Gasteiger partial charge in [0.2, 0.25) is 0 Å². The molecule has 0 aliphatic rings. The van der Waals surface area contributed by atoms with Crippen molar-refractivity contribution in [1.29, 1.82) is 0 Å². The van der Waals surface area contributed by atoms with Gasteiger partial charge >= 0.3 is 12.3 Å². The standard InChI is InChI=1S/C18H24BrF4NO3/c1-10(2)6-12(24(16(25)26)17(3,4)5)9-27-15-13(18(21,22)23)7-11(19)8-14(15)20/h7-8,10,12H,6,9H2,1-5H3,(H,25,26). The van der Waals surface area contributed by atoms with Crippen LogP contribution in [0.1, 0.15) is 46.6 Å². The van der Waals surface area contributed by atoms with E-state index in [1.54, 1.807) is 20.8 Å². The molecule has 1 aromatic rings. The number of carbonyl (C=O) groups is 1. The second-order valence-electron chi connectivity index (χ2n) is 7.68. The number of alkyl halides is 3. The third kappa shape index (κ3) is 6.55. The Kier molecular flexibility index (Phi) is 7.55. The van der Waals surface area contributed by atoms with E-state index in [2.05, 4.69) is 15.9 Å². The van der Waals surface area contributed by atoms with E-state index in [1.807, 2.05) is 13.8 Å². The molecule has 9 heteroatoms. The Labute approximate surface area is 164 Å². The highest BCUT2D eigenvalue weighted by Crippen LogP contribution is 2.40. The first-order valence-electron chi connectivity index (χ1n) is 8.35. The molecule has 0 heterocycles. The lowest BCUT2D eigenvalue weighted by Gasteiger charge is -2.40. The van der Waals surface area contributed by atoms with E-state index in [0.717, 1.165) is 17.0 Å². The molecule has 27 heavy (non-hydrogen) atoms. The summed E-state index contributed by atoms with van der Waals surface area (Å²) in [6.07, 6.45) is -5.68. The zero-order chi connectivity index (χ0) is 21.2. The van der Waals surface area contributed by atoms with Crippen molar-refractivity contribution in [2.45, 2.75) is 58.8 Å². The van der Waals surface area contributed by atoms with Crippen LogP contribution in [-0.4, -0.2) is 34.3 Å². The summed E-state index contributed by atoms with van der Waals surface area (Å²) in [6.45, 7) is 8.35. The monoisotopic (exact) mass is 457 g/mol. The molecular formula is C18H24BrF4NO3. The second kappa shape index (κ2) is 8.67. The van der Waals surface area contributed by atoms with E-state index in [0.29, 0.717) is 6.42 Å². The van der Waals surface area contributed by atoms with Crippen LogP contribution in [0, 0.1) is 11.7 Å². The Morgan fingerprint density at radius 2 is 1.81 bits per heavy atom. The van der Waals surface area contributed by atoms with Gasteiger partial charge in [-0.05, 0) is 45.2 Å². The van der Waals surface area contributed by atoms with Crippen molar-refractivity contribution >= 4 is 22.0 Å². The molecule has 0 aromatic heterocycles. The highest BCUT2D eigenvalue weighted by molar-refractivity contribution is 9.10. The highest BCUT2D eigenvalue weighted by atomic mass is 79.9. The van der Waals surface area contributed by atoms with Gasteiger partial charge < -0.3 is 9.84 Å². The van der Waals surface area contributed by atoms with Crippen LogP contribution >= 0.6 is 15.9 Å². The summed E-state index contributed by atoms with van der Waals surface area (Å²) in [5.41, 5.74) is -2.06. The van der Waals surface area contributed by atoms with Gasteiger partial charge in [0.05, 0.1) is 6.04 Å². The van der Waals surface area contributed by atoms with Crippen LogP contribution in [0.15, 0.2) is 16.6 Å². The average molecular weight is 458 g/mol. The van der Waals surface area contributed by atoms with Crippen molar-refractivity contribution in [2.24, 2.45) is 5.92 Å². The van der Waals surface area contributed by atoms with Gasteiger partial charge in [-0.1, -0.05) is 29.8 Å². The Morgan fingerprint density at radius 3 is 2.22 bits per heavy atom. The van der Waals surface area contributed by atoms with E-state index in [9.17, 15) is 27.5 Å². The van der Waals surface area contributed by atoms with E-state index in [1.165, 1.54) is 0 Å². The van der Waals surface area contributed by atoms with Gasteiger partial charge in [-0.3, -0.25) is 4.90 Å². The van der Waals surface area contributed by atoms with Gasteiger partial charge in [0.1, 0.15) is 12.2 Å². The number of nitrogens with zero attached hydrogens (tertiary/aromatic N) is 1. The predicted molar refractivity (Wildman–Crippen MR) is 97.5 cm³/mol. The minimum absolute atomic E-state index is 0.0552. The smallest absolute Gasteiger partial charge is 0.420 e. The van der Waals surface area contributed by atoms with Gasteiger partial charge in [-0.2, -0.15) is 13.2 Å². The lowest BCUT2D eigenvalue weighted by Crippen LogP contribution is -2.53. The Hall–Kier alpha value is -1.51. The minimum Gasteiger partial charge on any atom is -0.488 e. The molecule has 1 atom stereocenters. The third-order valence-corrected chi connectivity index (χ3v) is 4.23. The largest absolute Gasteiger partial charge is 0.488 e. The zero-order valence-electron chi connectivity index (χ0n) is 15.8. The molecule has 1 aromatic carbocycles. The first-order valence-corrected chi connectivity index (χ1v) is 9.15. The van der Waals surface area contributed by atoms with E-state index >= 15 is 0 Å². The number of ether oxygens (including phenoxy) is 1. The van der Waals surface area contributed by atoms with Crippen LogP contribution in [0.4, 0.5) is 22.4 Å². The van der Waals surface area contributed by atoms with Crippen LogP contribution in [0.3, 0.4) is 0 Å².